The van der Waals surface area contributed by atoms with Crippen LogP contribution in [0.5, 0.6) is 5.75 Å². The Morgan fingerprint density at radius 3 is 2.69 bits per heavy atom. The van der Waals surface area contributed by atoms with Crippen LogP contribution in [0.3, 0.4) is 0 Å². The monoisotopic (exact) mass is 523 g/mol. The van der Waals surface area contributed by atoms with Crippen LogP contribution in [-0.2, 0) is 9.53 Å². The Morgan fingerprint density at radius 1 is 1.31 bits per heavy atom. The minimum Gasteiger partial charge on any atom is -0.489 e. The van der Waals surface area contributed by atoms with Gasteiger partial charge in [0.1, 0.15) is 12.4 Å². The summed E-state index contributed by atoms with van der Waals surface area (Å²) in [5.74, 6) is 0.592. The molecule has 0 saturated heterocycles. The van der Waals surface area contributed by atoms with Crippen LogP contribution in [-0.4, -0.2) is 18.5 Å². The van der Waals surface area contributed by atoms with Crippen molar-refractivity contribution >= 4 is 56.5 Å². The number of aliphatic imine (C=N–C) groups is 1. The maximum Gasteiger partial charge on any atom is 0.363 e. The Hall–Kier alpha value is -1.93. The van der Waals surface area contributed by atoms with Gasteiger partial charge in [0, 0.05) is 13.6 Å². The molecule has 0 fully saturated rings. The Bertz CT molecular complexity index is 933. The number of halogens is 2. The van der Waals surface area contributed by atoms with E-state index in [1.807, 2.05) is 49.4 Å². The summed E-state index contributed by atoms with van der Waals surface area (Å²) < 4.78 is 12.9. The van der Waals surface area contributed by atoms with Gasteiger partial charge in [0.15, 0.2) is 5.70 Å². The van der Waals surface area contributed by atoms with E-state index in [-0.39, 0.29) is 5.70 Å². The topological polar surface area (TPSA) is 47.9 Å². The molecule has 4 nitrogen and oxygen atoms in total. The summed E-state index contributed by atoms with van der Waals surface area (Å²) in [4.78, 5) is 16.4. The minimum atomic E-state index is -0.461. The standard InChI is InChI=1S/C20H15BrINO3/c1-12(2)11-25-15-6-3-13(4-7-15)9-18-20(24)26-19(23-18)14-5-8-17(22)16(21)10-14/h3-10H,1,11H2,2H3/b18-9-. The van der Waals surface area contributed by atoms with Crippen LogP contribution >= 0.6 is 38.5 Å². The Labute approximate surface area is 173 Å². The first-order valence-electron chi connectivity index (χ1n) is 7.77. The largest absolute Gasteiger partial charge is 0.489 e. The van der Waals surface area contributed by atoms with Crippen LogP contribution in [0.1, 0.15) is 18.1 Å². The molecule has 0 bridgehead atoms. The van der Waals surface area contributed by atoms with Crippen molar-refractivity contribution < 1.29 is 14.3 Å². The third-order valence-corrected chi connectivity index (χ3v) is 5.79. The van der Waals surface area contributed by atoms with Crippen molar-refractivity contribution in [3.63, 3.8) is 0 Å². The number of nitrogens with zero attached hydrogens (tertiary/aromatic N) is 1. The fourth-order valence-corrected chi connectivity index (χ4v) is 2.90. The quantitative estimate of drug-likeness (QED) is 0.229. The first-order chi connectivity index (χ1) is 12.4. The molecule has 0 unspecified atom stereocenters. The summed E-state index contributed by atoms with van der Waals surface area (Å²) in [6.07, 6.45) is 1.69. The summed E-state index contributed by atoms with van der Waals surface area (Å²) in [6, 6.07) is 13.1. The van der Waals surface area contributed by atoms with Crippen LogP contribution < -0.4 is 4.74 Å². The van der Waals surface area contributed by atoms with E-state index in [1.165, 1.54) is 0 Å². The number of benzene rings is 2. The van der Waals surface area contributed by atoms with Crippen molar-refractivity contribution in [1.29, 1.82) is 0 Å². The first kappa shape index (κ1) is 18.8. The van der Waals surface area contributed by atoms with E-state index in [1.54, 1.807) is 6.08 Å². The average Bonchev–Trinajstić information content (AvgIpc) is 2.97. The molecule has 0 aliphatic carbocycles. The Balaban J connectivity index is 1.79. The van der Waals surface area contributed by atoms with Gasteiger partial charge in [-0.2, -0.15) is 0 Å². The molecule has 1 aliphatic heterocycles. The summed E-state index contributed by atoms with van der Waals surface area (Å²) in [7, 11) is 0. The van der Waals surface area contributed by atoms with Gasteiger partial charge in [-0.1, -0.05) is 18.7 Å². The zero-order valence-electron chi connectivity index (χ0n) is 14.0. The highest BCUT2D eigenvalue weighted by Crippen LogP contribution is 2.24. The number of ether oxygens (including phenoxy) is 2. The van der Waals surface area contributed by atoms with E-state index in [4.69, 9.17) is 9.47 Å². The zero-order chi connectivity index (χ0) is 18.7. The van der Waals surface area contributed by atoms with Gasteiger partial charge in [-0.15, -0.1) is 0 Å². The molecule has 0 saturated carbocycles. The molecule has 132 valence electrons. The van der Waals surface area contributed by atoms with Gasteiger partial charge in [-0.25, -0.2) is 9.79 Å². The van der Waals surface area contributed by atoms with Gasteiger partial charge in [-0.05, 0) is 93.0 Å². The molecule has 1 aliphatic rings. The van der Waals surface area contributed by atoms with Gasteiger partial charge in [-0.3, -0.25) is 0 Å². The van der Waals surface area contributed by atoms with Gasteiger partial charge in [0.2, 0.25) is 5.90 Å². The van der Waals surface area contributed by atoms with E-state index in [0.717, 1.165) is 30.5 Å². The third-order valence-electron chi connectivity index (χ3n) is 3.46. The molecule has 1 heterocycles. The highest BCUT2D eigenvalue weighted by molar-refractivity contribution is 14.1. The average molecular weight is 524 g/mol. The van der Waals surface area contributed by atoms with Gasteiger partial charge in [0.25, 0.3) is 0 Å². The van der Waals surface area contributed by atoms with E-state index < -0.39 is 5.97 Å². The van der Waals surface area contributed by atoms with Crippen LogP contribution in [0.2, 0.25) is 0 Å². The summed E-state index contributed by atoms with van der Waals surface area (Å²) >= 11 is 5.69. The number of rotatable bonds is 5. The number of hydrogen-bond acceptors (Lipinski definition) is 4. The van der Waals surface area contributed by atoms with Gasteiger partial charge >= 0.3 is 5.97 Å². The molecule has 0 atom stereocenters. The molecular weight excluding hydrogens is 509 g/mol. The lowest BCUT2D eigenvalue weighted by atomic mass is 10.2. The third kappa shape index (κ3) is 4.62. The number of cyclic esters (lactones) is 1. The fraction of sp³-hybridized carbons (Fsp3) is 0.100. The van der Waals surface area contributed by atoms with E-state index in [2.05, 4.69) is 50.1 Å². The number of hydrogen-bond donors (Lipinski definition) is 0. The lowest BCUT2D eigenvalue weighted by molar-refractivity contribution is -0.129. The van der Waals surface area contributed by atoms with E-state index in [0.29, 0.717) is 12.5 Å². The second-order valence-corrected chi connectivity index (χ2v) is 7.80. The van der Waals surface area contributed by atoms with Crippen LogP contribution in [0.25, 0.3) is 6.08 Å². The summed E-state index contributed by atoms with van der Waals surface area (Å²) in [5, 5.41) is 0. The minimum absolute atomic E-state index is 0.269. The number of carbonyl (C=O) groups is 1. The van der Waals surface area contributed by atoms with E-state index in [9.17, 15) is 4.79 Å². The van der Waals surface area contributed by atoms with E-state index >= 15 is 0 Å². The van der Waals surface area contributed by atoms with Crippen molar-refractivity contribution in [2.75, 3.05) is 6.61 Å². The molecule has 2 aromatic rings. The van der Waals surface area contributed by atoms with Crippen molar-refractivity contribution in [2.45, 2.75) is 6.92 Å². The smallest absolute Gasteiger partial charge is 0.363 e. The van der Waals surface area contributed by atoms with Crippen molar-refractivity contribution in [2.24, 2.45) is 4.99 Å². The predicted octanol–water partition coefficient (Wildman–Crippen LogP) is 5.35. The van der Waals surface area contributed by atoms with Crippen LogP contribution in [0.15, 0.2) is 69.8 Å². The number of carbonyl (C=O) groups excluding carboxylic acids is 1. The molecule has 3 rings (SSSR count). The molecule has 0 spiro atoms. The van der Waals surface area contributed by atoms with Crippen molar-refractivity contribution in [1.82, 2.24) is 0 Å². The van der Waals surface area contributed by atoms with Crippen molar-refractivity contribution in [3.8, 4) is 5.75 Å². The Kier molecular flexibility index (Phi) is 5.93. The van der Waals surface area contributed by atoms with Crippen LogP contribution in [0, 0.1) is 3.57 Å². The molecule has 6 heteroatoms. The second kappa shape index (κ2) is 8.18. The molecule has 0 amide bonds. The molecule has 26 heavy (non-hydrogen) atoms. The highest BCUT2D eigenvalue weighted by atomic mass is 127. The second-order valence-electron chi connectivity index (χ2n) is 5.78. The van der Waals surface area contributed by atoms with Crippen LogP contribution in [0.4, 0.5) is 0 Å². The normalized spacial score (nSPS) is 15.0. The Morgan fingerprint density at radius 2 is 2.04 bits per heavy atom. The zero-order valence-corrected chi connectivity index (χ0v) is 17.7. The lowest BCUT2D eigenvalue weighted by Crippen LogP contribution is -2.05. The molecule has 2 aromatic carbocycles. The summed E-state index contributed by atoms with van der Waals surface area (Å²) in [5.41, 5.74) is 2.81. The molecule has 0 aromatic heterocycles. The first-order valence-corrected chi connectivity index (χ1v) is 9.65. The fourth-order valence-electron chi connectivity index (χ4n) is 2.19. The molecule has 0 N–H and O–H groups in total. The molecular formula is C20H15BrINO3. The molecule has 0 radical (unpaired) electrons. The van der Waals surface area contributed by atoms with Gasteiger partial charge in [0.05, 0.1) is 0 Å². The summed E-state index contributed by atoms with van der Waals surface area (Å²) in [6.45, 7) is 6.19. The SMILES string of the molecule is C=C(C)COc1ccc(/C=C2\N=C(c3ccc(I)c(Br)c3)OC2=O)cc1. The maximum absolute atomic E-state index is 12.1. The maximum atomic E-state index is 12.1. The highest BCUT2D eigenvalue weighted by Gasteiger charge is 2.24. The lowest BCUT2D eigenvalue weighted by Gasteiger charge is -2.05. The van der Waals surface area contributed by atoms with Crippen molar-refractivity contribution in [3.05, 3.63) is 79.5 Å². The predicted molar refractivity (Wildman–Crippen MR) is 114 cm³/mol. The van der Waals surface area contributed by atoms with Gasteiger partial charge < -0.3 is 9.47 Å². The number of esters is 1.